The largest absolute Gasteiger partial charge is 0.310 e. The average molecular weight is 300 g/mol. The molecule has 5 nitrogen and oxygen atoms in total. The van der Waals surface area contributed by atoms with Crippen LogP contribution in [0, 0.1) is 6.92 Å². The highest BCUT2D eigenvalue weighted by atomic mass is 35.5. The van der Waals surface area contributed by atoms with Crippen LogP contribution < -0.4 is 10.0 Å². The first-order valence-electron chi connectivity index (χ1n) is 5.13. The van der Waals surface area contributed by atoms with Crippen LogP contribution in [0.1, 0.15) is 16.8 Å². The predicted molar refractivity (Wildman–Crippen MR) is 73.3 cm³/mol. The van der Waals surface area contributed by atoms with Crippen molar-refractivity contribution in [2.75, 3.05) is 18.8 Å². The van der Waals surface area contributed by atoms with Gasteiger partial charge in [0.15, 0.2) is 0 Å². The summed E-state index contributed by atoms with van der Waals surface area (Å²) in [5.41, 5.74) is 0. The summed E-state index contributed by atoms with van der Waals surface area (Å²) in [6.07, 6.45) is 1.84. The summed E-state index contributed by atoms with van der Waals surface area (Å²) < 4.78 is 24.7. The predicted octanol–water partition coefficient (Wildman–Crippen LogP) is 0.902. The van der Waals surface area contributed by atoms with Gasteiger partial charge in [-0.05, 0) is 13.8 Å². The van der Waals surface area contributed by atoms with Crippen LogP contribution in [0.3, 0.4) is 0 Å². The van der Waals surface area contributed by atoms with Crippen molar-refractivity contribution in [3.05, 3.63) is 16.1 Å². The van der Waals surface area contributed by atoms with Gasteiger partial charge in [-0.15, -0.1) is 23.7 Å². The zero-order valence-electron chi connectivity index (χ0n) is 9.89. The van der Waals surface area contributed by atoms with Crippen molar-refractivity contribution in [2.45, 2.75) is 20.4 Å². The third-order valence-electron chi connectivity index (χ3n) is 1.97. The molecule has 1 rings (SSSR count). The van der Waals surface area contributed by atoms with E-state index in [0.29, 0.717) is 13.1 Å². The molecule has 0 bridgehead atoms. The maximum atomic E-state index is 11.1. The van der Waals surface area contributed by atoms with E-state index in [2.05, 4.69) is 15.0 Å². The standard InChI is InChI=1S/C9H17N3O2S2.ClH/c1-3-16(13,14)12-5-4-10-6-9-7-11-8(2)15-9;/h7,10,12H,3-6H2,1-2H3;1H. The second-order valence-corrected chi connectivity index (χ2v) is 6.73. The maximum Gasteiger partial charge on any atom is 0.211 e. The third-order valence-corrected chi connectivity index (χ3v) is 4.29. The molecule has 1 aromatic heterocycles. The van der Waals surface area contributed by atoms with Crippen LogP contribution in [-0.4, -0.2) is 32.2 Å². The number of aromatic nitrogens is 1. The van der Waals surface area contributed by atoms with E-state index >= 15 is 0 Å². The number of aryl methyl sites for hydroxylation is 1. The molecule has 0 unspecified atom stereocenters. The molecule has 0 aromatic carbocycles. The number of rotatable bonds is 7. The molecular formula is C9H18ClN3O2S2. The first kappa shape index (κ1) is 16.8. The van der Waals surface area contributed by atoms with Crippen LogP contribution in [0.5, 0.6) is 0 Å². The highest BCUT2D eigenvalue weighted by molar-refractivity contribution is 7.89. The zero-order valence-corrected chi connectivity index (χ0v) is 12.3. The molecule has 0 saturated heterocycles. The smallest absolute Gasteiger partial charge is 0.211 e. The van der Waals surface area contributed by atoms with E-state index in [1.54, 1.807) is 18.3 Å². The number of hydrogen-bond acceptors (Lipinski definition) is 5. The van der Waals surface area contributed by atoms with Crippen molar-refractivity contribution in [2.24, 2.45) is 0 Å². The van der Waals surface area contributed by atoms with Gasteiger partial charge < -0.3 is 5.32 Å². The van der Waals surface area contributed by atoms with Crippen LogP contribution in [0.25, 0.3) is 0 Å². The van der Waals surface area contributed by atoms with Crippen molar-refractivity contribution in [3.63, 3.8) is 0 Å². The average Bonchev–Trinajstić information content (AvgIpc) is 2.64. The van der Waals surface area contributed by atoms with Crippen molar-refractivity contribution >= 4 is 33.8 Å². The highest BCUT2D eigenvalue weighted by Gasteiger charge is 2.04. The van der Waals surface area contributed by atoms with E-state index in [1.165, 1.54) is 0 Å². The zero-order chi connectivity index (χ0) is 12.0. The van der Waals surface area contributed by atoms with Crippen LogP contribution in [0.15, 0.2) is 6.20 Å². The number of nitrogens with zero attached hydrogens (tertiary/aromatic N) is 1. The molecule has 0 aliphatic carbocycles. The molecule has 0 radical (unpaired) electrons. The maximum absolute atomic E-state index is 11.1. The van der Waals surface area contributed by atoms with Crippen molar-refractivity contribution in [1.29, 1.82) is 0 Å². The lowest BCUT2D eigenvalue weighted by atomic mass is 10.5. The molecule has 0 spiro atoms. The summed E-state index contributed by atoms with van der Waals surface area (Å²) >= 11 is 1.64. The van der Waals surface area contributed by atoms with Gasteiger partial charge in [0.1, 0.15) is 0 Å². The Balaban J connectivity index is 0.00000256. The van der Waals surface area contributed by atoms with Crippen LogP contribution in [0.2, 0.25) is 0 Å². The molecule has 100 valence electrons. The Morgan fingerprint density at radius 1 is 1.41 bits per heavy atom. The molecule has 0 amide bonds. The molecule has 2 N–H and O–H groups in total. The second kappa shape index (κ2) is 7.99. The van der Waals surface area contributed by atoms with Crippen molar-refractivity contribution in [1.82, 2.24) is 15.0 Å². The fourth-order valence-corrected chi connectivity index (χ4v) is 2.48. The molecule has 0 atom stereocenters. The summed E-state index contributed by atoms with van der Waals surface area (Å²) in [6, 6.07) is 0. The lowest BCUT2D eigenvalue weighted by Gasteiger charge is -2.04. The van der Waals surface area contributed by atoms with Gasteiger partial charge in [0.05, 0.1) is 10.8 Å². The normalized spacial score (nSPS) is 11.2. The lowest BCUT2D eigenvalue weighted by molar-refractivity contribution is 0.577. The van der Waals surface area contributed by atoms with E-state index in [1.807, 2.05) is 13.1 Å². The fraction of sp³-hybridized carbons (Fsp3) is 0.667. The van der Waals surface area contributed by atoms with Crippen molar-refractivity contribution in [3.8, 4) is 0 Å². The van der Waals surface area contributed by atoms with E-state index < -0.39 is 10.0 Å². The molecule has 1 aromatic rings. The topological polar surface area (TPSA) is 71.1 Å². The summed E-state index contributed by atoms with van der Waals surface area (Å²) in [5, 5.41) is 4.20. The highest BCUT2D eigenvalue weighted by Crippen LogP contribution is 2.10. The Kier molecular flexibility index (Phi) is 7.89. The Morgan fingerprint density at radius 3 is 2.65 bits per heavy atom. The number of thiazole rings is 1. The first-order chi connectivity index (χ1) is 7.53. The van der Waals surface area contributed by atoms with E-state index in [4.69, 9.17) is 0 Å². The molecule has 0 aliphatic rings. The number of hydrogen-bond donors (Lipinski definition) is 2. The monoisotopic (exact) mass is 299 g/mol. The summed E-state index contributed by atoms with van der Waals surface area (Å²) in [4.78, 5) is 5.30. The molecule has 8 heteroatoms. The quantitative estimate of drug-likeness (QED) is 0.734. The molecule has 17 heavy (non-hydrogen) atoms. The van der Waals surface area contributed by atoms with Crippen LogP contribution in [0.4, 0.5) is 0 Å². The molecular weight excluding hydrogens is 282 g/mol. The van der Waals surface area contributed by atoms with E-state index in [-0.39, 0.29) is 18.2 Å². The summed E-state index contributed by atoms with van der Waals surface area (Å²) in [7, 11) is -3.06. The lowest BCUT2D eigenvalue weighted by Crippen LogP contribution is -2.32. The minimum Gasteiger partial charge on any atom is -0.310 e. The minimum absolute atomic E-state index is 0. The first-order valence-corrected chi connectivity index (χ1v) is 7.59. The molecule has 0 saturated carbocycles. The molecule has 1 heterocycles. The van der Waals surface area contributed by atoms with Gasteiger partial charge in [-0.3, -0.25) is 0 Å². The fourth-order valence-electron chi connectivity index (χ4n) is 1.10. The van der Waals surface area contributed by atoms with Crippen LogP contribution >= 0.6 is 23.7 Å². The third kappa shape index (κ3) is 6.95. The van der Waals surface area contributed by atoms with Crippen molar-refractivity contribution < 1.29 is 8.42 Å². The number of halogens is 1. The number of sulfonamides is 1. The summed E-state index contributed by atoms with van der Waals surface area (Å²) in [5.74, 6) is 0.126. The molecule has 0 fully saturated rings. The molecule has 0 aliphatic heterocycles. The minimum atomic E-state index is -3.06. The van der Waals surface area contributed by atoms with Gasteiger partial charge in [0.25, 0.3) is 0 Å². The Morgan fingerprint density at radius 2 is 2.12 bits per heavy atom. The van der Waals surface area contributed by atoms with Gasteiger partial charge in [0.2, 0.25) is 10.0 Å². The second-order valence-electron chi connectivity index (χ2n) is 3.32. The van der Waals surface area contributed by atoms with Crippen LogP contribution in [-0.2, 0) is 16.6 Å². The Hall–Kier alpha value is -0.210. The van der Waals surface area contributed by atoms with Gasteiger partial charge in [-0.25, -0.2) is 18.1 Å². The van der Waals surface area contributed by atoms with E-state index in [0.717, 1.165) is 16.4 Å². The summed E-state index contributed by atoms with van der Waals surface area (Å²) in [6.45, 7) is 5.36. The number of nitrogens with one attached hydrogen (secondary N) is 2. The Bertz CT molecular complexity index is 420. The van der Waals surface area contributed by atoms with E-state index in [9.17, 15) is 8.42 Å². The van der Waals surface area contributed by atoms with Gasteiger partial charge in [-0.2, -0.15) is 0 Å². The SMILES string of the molecule is CCS(=O)(=O)NCCNCc1cnc(C)s1.Cl. The van der Waals surface area contributed by atoms with Gasteiger partial charge >= 0.3 is 0 Å². The Labute approximate surface area is 112 Å². The van der Waals surface area contributed by atoms with Gasteiger partial charge in [0, 0.05) is 30.7 Å². The van der Waals surface area contributed by atoms with Gasteiger partial charge in [-0.1, -0.05) is 0 Å².